The van der Waals surface area contributed by atoms with Crippen LogP contribution in [0.4, 0.5) is 5.82 Å². The van der Waals surface area contributed by atoms with Crippen LogP contribution < -0.4 is 4.90 Å². The van der Waals surface area contributed by atoms with E-state index in [4.69, 9.17) is 4.98 Å². The number of carbonyl (C=O) groups excluding carboxylic acids is 1. The number of aromatic nitrogens is 1. The van der Waals surface area contributed by atoms with Gasteiger partial charge in [0.05, 0.1) is 0 Å². The van der Waals surface area contributed by atoms with Crippen molar-refractivity contribution in [3.63, 3.8) is 0 Å². The summed E-state index contributed by atoms with van der Waals surface area (Å²) in [7, 11) is 0. The summed E-state index contributed by atoms with van der Waals surface area (Å²) in [6.45, 7) is 5.63. The first-order valence-corrected chi connectivity index (χ1v) is 8.77. The standard InChI is InChI=1S/C20H23N3O/c1-15-13-22(19-7-8-19)10-11-23(15)20-9-6-18(12-21-20)17-4-2-16(14-24)3-5-17/h2-6,9,12,14-15,19H,7-8,10-11,13H2,1H3. The number of piperazine rings is 1. The lowest BCUT2D eigenvalue weighted by molar-refractivity contribution is 0.112. The zero-order valence-electron chi connectivity index (χ0n) is 14.1. The zero-order chi connectivity index (χ0) is 16.5. The maximum Gasteiger partial charge on any atom is 0.150 e. The molecular formula is C20H23N3O. The van der Waals surface area contributed by atoms with Crippen LogP contribution in [-0.4, -0.2) is 47.9 Å². The van der Waals surface area contributed by atoms with Crippen molar-refractivity contribution in [2.75, 3.05) is 24.5 Å². The monoisotopic (exact) mass is 321 g/mol. The van der Waals surface area contributed by atoms with Gasteiger partial charge in [0.2, 0.25) is 0 Å². The third kappa shape index (κ3) is 3.06. The number of pyridine rings is 1. The number of hydrogen-bond acceptors (Lipinski definition) is 4. The van der Waals surface area contributed by atoms with E-state index in [0.717, 1.165) is 48.9 Å². The number of carbonyl (C=O) groups is 1. The number of hydrogen-bond donors (Lipinski definition) is 0. The molecule has 0 amide bonds. The highest BCUT2D eigenvalue weighted by atomic mass is 16.1. The molecule has 124 valence electrons. The third-order valence-corrected chi connectivity index (χ3v) is 5.14. The molecule has 1 aromatic carbocycles. The van der Waals surface area contributed by atoms with Gasteiger partial charge in [-0.3, -0.25) is 9.69 Å². The fourth-order valence-corrected chi connectivity index (χ4v) is 3.58. The molecule has 1 aliphatic heterocycles. The third-order valence-electron chi connectivity index (χ3n) is 5.14. The van der Waals surface area contributed by atoms with E-state index in [-0.39, 0.29) is 0 Å². The predicted octanol–water partition coefficient (Wildman–Crippen LogP) is 3.23. The van der Waals surface area contributed by atoms with Gasteiger partial charge in [-0.1, -0.05) is 24.3 Å². The Bertz CT molecular complexity index is 707. The first-order chi connectivity index (χ1) is 11.7. The molecule has 1 aliphatic carbocycles. The highest BCUT2D eigenvalue weighted by Gasteiger charge is 2.34. The molecule has 4 rings (SSSR count). The minimum absolute atomic E-state index is 0.504. The van der Waals surface area contributed by atoms with Crippen LogP contribution in [0.3, 0.4) is 0 Å². The summed E-state index contributed by atoms with van der Waals surface area (Å²) in [4.78, 5) is 20.5. The molecule has 24 heavy (non-hydrogen) atoms. The Hall–Kier alpha value is -2.20. The summed E-state index contributed by atoms with van der Waals surface area (Å²) in [6.07, 6.45) is 5.56. The molecule has 1 atom stereocenters. The Kier molecular flexibility index (Phi) is 4.07. The lowest BCUT2D eigenvalue weighted by Crippen LogP contribution is -2.52. The van der Waals surface area contributed by atoms with Crippen molar-refractivity contribution < 1.29 is 4.79 Å². The average Bonchev–Trinajstić information content (AvgIpc) is 3.47. The Morgan fingerprint density at radius 1 is 1.04 bits per heavy atom. The van der Waals surface area contributed by atoms with Crippen LogP contribution in [0.25, 0.3) is 11.1 Å². The fourth-order valence-electron chi connectivity index (χ4n) is 3.58. The van der Waals surface area contributed by atoms with Gasteiger partial charge in [-0.25, -0.2) is 4.98 Å². The van der Waals surface area contributed by atoms with Crippen molar-refractivity contribution in [3.05, 3.63) is 48.2 Å². The maximum atomic E-state index is 10.8. The second kappa shape index (κ2) is 6.36. The van der Waals surface area contributed by atoms with Crippen molar-refractivity contribution in [1.82, 2.24) is 9.88 Å². The molecule has 1 aromatic heterocycles. The average molecular weight is 321 g/mol. The molecule has 0 N–H and O–H groups in total. The first kappa shape index (κ1) is 15.3. The van der Waals surface area contributed by atoms with Gasteiger partial charge in [-0.05, 0) is 37.5 Å². The van der Waals surface area contributed by atoms with E-state index in [1.165, 1.54) is 12.8 Å². The molecule has 2 aromatic rings. The quantitative estimate of drug-likeness (QED) is 0.810. The van der Waals surface area contributed by atoms with E-state index < -0.39 is 0 Å². The zero-order valence-corrected chi connectivity index (χ0v) is 14.1. The minimum Gasteiger partial charge on any atom is -0.351 e. The molecule has 1 saturated carbocycles. The molecular weight excluding hydrogens is 298 g/mol. The number of aldehydes is 1. The van der Waals surface area contributed by atoms with Crippen molar-refractivity contribution in [3.8, 4) is 11.1 Å². The molecule has 0 radical (unpaired) electrons. The van der Waals surface area contributed by atoms with E-state index in [1.54, 1.807) is 0 Å². The predicted molar refractivity (Wildman–Crippen MR) is 96.5 cm³/mol. The highest BCUT2D eigenvalue weighted by Crippen LogP contribution is 2.30. The van der Waals surface area contributed by atoms with Crippen molar-refractivity contribution >= 4 is 12.1 Å². The van der Waals surface area contributed by atoms with Gasteiger partial charge in [-0.2, -0.15) is 0 Å². The summed E-state index contributed by atoms with van der Waals surface area (Å²) in [5, 5.41) is 0. The van der Waals surface area contributed by atoms with Crippen LogP contribution in [-0.2, 0) is 0 Å². The molecule has 1 unspecified atom stereocenters. The molecule has 2 aliphatic rings. The molecule has 2 fully saturated rings. The Balaban J connectivity index is 1.47. The maximum absolute atomic E-state index is 10.8. The summed E-state index contributed by atoms with van der Waals surface area (Å²) in [5.74, 6) is 1.06. The van der Waals surface area contributed by atoms with Gasteiger partial charge in [0.25, 0.3) is 0 Å². The summed E-state index contributed by atoms with van der Waals surface area (Å²) < 4.78 is 0. The van der Waals surface area contributed by atoms with Gasteiger partial charge in [0.1, 0.15) is 12.1 Å². The van der Waals surface area contributed by atoms with Crippen LogP contribution in [0, 0.1) is 0 Å². The van der Waals surface area contributed by atoms with Crippen LogP contribution in [0.2, 0.25) is 0 Å². The Morgan fingerprint density at radius 2 is 1.79 bits per heavy atom. The molecule has 1 saturated heterocycles. The van der Waals surface area contributed by atoms with Crippen LogP contribution in [0.1, 0.15) is 30.1 Å². The van der Waals surface area contributed by atoms with Gasteiger partial charge in [0.15, 0.2) is 0 Å². The summed E-state index contributed by atoms with van der Waals surface area (Å²) >= 11 is 0. The number of benzene rings is 1. The van der Waals surface area contributed by atoms with E-state index in [9.17, 15) is 4.79 Å². The molecule has 4 nitrogen and oxygen atoms in total. The lowest BCUT2D eigenvalue weighted by atomic mass is 10.1. The van der Waals surface area contributed by atoms with E-state index in [2.05, 4.69) is 28.9 Å². The van der Waals surface area contributed by atoms with Crippen molar-refractivity contribution in [1.29, 1.82) is 0 Å². The molecule has 0 spiro atoms. The first-order valence-electron chi connectivity index (χ1n) is 8.77. The highest BCUT2D eigenvalue weighted by molar-refractivity contribution is 5.76. The van der Waals surface area contributed by atoms with Gasteiger partial charge in [-0.15, -0.1) is 0 Å². The normalized spacial score (nSPS) is 21.7. The van der Waals surface area contributed by atoms with Crippen LogP contribution in [0.5, 0.6) is 0 Å². The van der Waals surface area contributed by atoms with E-state index >= 15 is 0 Å². The Labute approximate surface area is 143 Å². The summed E-state index contributed by atoms with van der Waals surface area (Å²) in [5.41, 5.74) is 2.87. The van der Waals surface area contributed by atoms with Crippen LogP contribution in [0.15, 0.2) is 42.6 Å². The van der Waals surface area contributed by atoms with Crippen LogP contribution >= 0.6 is 0 Å². The van der Waals surface area contributed by atoms with E-state index in [0.29, 0.717) is 11.6 Å². The van der Waals surface area contributed by atoms with E-state index in [1.807, 2.05) is 30.5 Å². The molecule has 2 heterocycles. The smallest absolute Gasteiger partial charge is 0.150 e. The van der Waals surface area contributed by atoms with Gasteiger partial charge in [0, 0.05) is 49.0 Å². The Morgan fingerprint density at radius 3 is 2.38 bits per heavy atom. The molecule has 0 bridgehead atoms. The summed E-state index contributed by atoms with van der Waals surface area (Å²) in [6, 6.07) is 13.2. The van der Waals surface area contributed by atoms with Crippen molar-refractivity contribution in [2.45, 2.75) is 31.8 Å². The van der Waals surface area contributed by atoms with Gasteiger partial charge < -0.3 is 4.90 Å². The second-order valence-electron chi connectivity index (χ2n) is 6.91. The second-order valence-corrected chi connectivity index (χ2v) is 6.91. The topological polar surface area (TPSA) is 36.4 Å². The minimum atomic E-state index is 0.504. The SMILES string of the molecule is CC1CN(C2CC2)CCN1c1ccc(-c2ccc(C=O)cc2)cn1. The number of rotatable bonds is 4. The van der Waals surface area contributed by atoms with Crippen molar-refractivity contribution in [2.24, 2.45) is 0 Å². The fraction of sp³-hybridized carbons (Fsp3) is 0.400. The van der Waals surface area contributed by atoms with Gasteiger partial charge >= 0.3 is 0 Å². The number of nitrogens with zero attached hydrogens (tertiary/aromatic N) is 3. The lowest BCUT2D eigenvalue weighted by Gasteiger charge is -2.40. The largest absolute Gasteiger partial charge is 0.351 e. The number of anilines is 1. The molecule has 4 heteroatoms.